The molecular formula is C23H30N6S. The van der Waals surface area contributed by atoms with Gasteiger partial charge < -0.3 is 9.80 Å². The monoisotopic (exact) mass is 422 g/mol. The van der Waals surface area contributed by atoms with Crippen molar-refractivity contribution in [2.45, 2.75) is 63.6 Å². The van der Waals surface area contributed by atoms with Crippen molar-refractivity contribution in [3.05, 3.63) is 29.2 Å². The lowest BCUT2D eigenvalue weighted by atomic mass is 10.0. The first kappa shape index (κ1) is 19.7. The summed E-state index contributed by atoms with van der Waals surface area (Å²) in [5.74, 6) is 2.25. The summed E-state index contributed by atoms with van der Waals surface area (Å²) in [6, 6.07) is 3.48. The van der Waals surface area contributed by atoms with Gasteiger partial charge in [-0.2, -0.15) is 0 Å². The number of fused-ring (bicyclic) bond motifs is 1. The Bertz CT molecular complexity index is 1090. The zero-order chi connectivity index (χ0) is 21.2. The van der Waals surface area contributed by atoms with Gasteiger partial charge in [-0.3, -0.25) is 9.38 Å². The summed E-state index contributed by atoms with van der Waals surface area (Å²) in [4.78, 5) is 19.6. The van der Waals surface area contributed by atoms with Crippen molar-refractivity contribution in [1.82, 2.24) is 19.4 Å². The van der Waals surface area contributed by atoms with Crippen LogP contribution in [0.5, 0.6) is 0 Å². The van der Waals surface area contributed by atoms with Gasteiger partial charge in [0.1, 0.15) is 22.4 Å². The van der Waals surface area contributed by atoms with E-state index in [1.165, 1.54) is 37.1 Å². The van der Waals surface area contributed by atoms with Gasteiger partial charge in [-0.15, -0.1) is 11.8 Å². The van der Waals surface area contributed by atoms with E-state index in [-0.39, 0.29) is 0 Å². The Labute approximate surface area is 182 Å². The van der Waals surface area contributed by atoms with Gasteiger partial charge in [0, 0.05) is 49.3 Å². The van der Waals surface area contributed by atoms with E-state index in [4.69, 9.17) is 15.0 Å². The maximum Gasteiger partial charge on any atom is 0.166 e. The molecular weight excluding hydrogens is 392 g/mol. The number of nitrogens with zero attached hydrogens (tertiary/aromatic N) is 6. The number of aromatic nitrogens is 4. The predicted molar refractivity (Wildman–Crippen MR) is 125 cm³/mol. The fraction of sp³-hybridized carbons (Fsp3) is 0.522. The quantitative estimate of drug-likeness (QED) is 0.540. The molecule has 0 atom stereocenters. The van der Waals surface area contributed by atoms with Gasteiger partial charge in [-0.1, -0.05) is 0 Å². The molecule has 0 bridgehead atoms. The topological polar surface area (TPSA) is 49.6 Å². The largest absolute Gasteiger partial charge is 0.363 e. The molecule has 0 aromatic carbocycles. The molecule has 3 aromatic heterocycles. The number of aryl methyl sites for hydroxylation is 3. The normalized spacial score (nSPS) is 16.3. The van der Waals surface area contributed by atoms with Gasteiger partial charge in [0.25, 0.3) is 0 Å². The molecule has 3 heterocycles. The first-order valence-corrected chi connectivity index (χ1v) is 12.0. The second-order valence-electron chi connectivity index (χ2n) is 8.87. The molecule has 2 aliphatic rings. The fourth-order valence-electron chi connectivity index (χ4n) is 4.45. The molecule has 3 aromatic rings. The number of hydrogen-bond acceptors (Lipinski definition) is 6. The number of anilines is 2. The maximum absolute atomic E-state index is 5.13. The van der Waals surface area contributed by atoms with Crippen LogP contribution in [0.2, 0.25) is 0 Å². The van der Waals surface area contributed by atoms with Crippen LogP contribution in [0.4, 0.5) is 11.6 Å². The molecule has 0 aliphatic heterocycles. The lowest BCUT2D eigenvalue weighted by molar-refractivity contribution is 0.753. The minimum absolute atomic E-state index is 0.670. The third kappa shape index (κ3) is 3.14. The molecule has 158 valence electrons. The Morgan fingerprint density at radius 3 is 2.23 bits per heavy atom. The highest BCUT2D eigenvalue weighted by Crippen LogP contribution is 2.45. The standard InChI is InChI=1S/C23H30N6S/c1-13-11-18(27(4)5)25-15(3)19(13)20-21-26-22(30-6)23(28(21)14(2)12-24-20)29(16-7-8-16)17-9-10-17/h11-12,16-17H,7-10H2,1-6H3. The molecule has 0 unspecified atom stereocenters. The molecule has 7 heteroatoms. The van der Waals surface area contributed by atoms with Gasteiger partial charge in [-0.05, 0) is 64.3 Å². The first-order valence-electron chi connectivity index (χ1n) is 10.8. The number of imidazole rings is 1. The molecule has 6 nitrogen and oxygen atoms in total. The molecule has 2 aliphatic carbocycles. The third-order valence-electron chi connectivity index (χ3n) is 6.16. The van der Waals surface area contributed by atoms with E-state index in [1.54, 1.807) is 11.8 Å². The summed E-state index contributed by atoms with van der Waals surface area (Å²) in [5, 5.41) is 1.11. The van der Waals surface area contributed by atoms with Crippen molar-refractivity contribution in [1.29, 1.82) is 0 Å². The van der Waals surface area contributed by atoms with E-state index in [1.807, 2.05) is 25.2 Å². The highest BCUT2D eigenvalue weighted by atomic mass is 32.2. The molecule has 5 rings (SSSR count). The van der Waals surface area contributed by atoms with E-state index in [0.717, 1.165) is 39.1 Å². The van der Waals surface area contributed by atoms with Crippen molar-refractivity contribution in [3.8, 4) is 11.3 Å². The second kappa shape index (κ2) is 7.15. The Morgan fingerprint density at radius 1 is 1.03 bits per heavy atom. The molecule has 0 amide bonds. The highest BCUT2D eigenvalue weighted by Gasteiger charge is 2.42. The van der Waals surface area contributed by atoms with Crippen LogP contribution >= 0.6 is 11.8 Å². The van der Waals surface area contributed by atoms with E-state index in [2.05, 4.69) is 42.4 Å². The van der Waals surface area contributed by atoms with E-state index < -0.39 is 0 Å². The van der Waals surface area contributed by atoms with Gasteiger partial charge in [0.15, 0.2) is 5.65 Å². The minimum Gasteiger partial charge on any atom is -0.363 e. The second-order valence-corrected chi connectivity index (χ2v) is 9.67. The summed E-state index contributed by atoms with van der Waals surface area (Å²) >= 11 is 1.74. The minimum atomic E-state index is 0.670. The van der Waals surface area contributed by atoms with Crippen molar-refractivity contribution in [3.63, 3.8) is 0 Å². The Morgan fingerprint density at radius 2 is 1.70 bits per heavy atom. The summed E-state index contributed by atoms with van der Waals surface area (Å²) in [5.41, 5.74) is 6.29. The van der Waals surface area contributed by atoms with Crippen molar-refractivity contribution in [2.24, 2.45) is 0 Å². The Hall–Kier alpha value is -2.28. The Kier molecular flexibility index (Phi) is 4.69. The van der Waals surface area contributed by atoms with Gasteiger partial charge >= 0.3 is 0 Å². The van der Waals surface area contributed by atoms with Crippen molar-refractivity contribution in [2.75, 3.05) is 30.2 Å². The van der Waals surface area contributed by atoms with Crippen LogP contribution in [0.3, 0.4) is 0 Å². The summed E-state index contributed by atoms with van der Waals surface area (Å²) in [7, 11) is 4.05. The Balaban J connectivity index is 1.75. The first-order chi connectivity index (χ1) is 14.4. The fourth-order valence-corrected chi connectivity index (χ4v) is 5.00. The average Bonchev–Trinajstić information content (AvgIpc) is 3.62. The molecule has 2 fully saturated rings. The number of pyridine rings is 1. The summed E-state index contributed by atoms with van der Waals surface area (Å²) in [6.45, 7) is 6.37. The molecule has 0 radical (unpaired) electrons. The maximum atomic E-state index is 5.13. The van der Waals surface area contributed by atoms with Crippen molar-refractivity contribution < 1.29 is 0 Å². The molecule has 2 saturated carbocycles. The molecule has 0 N–H and O–H groups in total. The van der Waals surface area contributed by atoms with Crippen LogP contribution in [-0.2, 0) is 0 Å². The highest BCUT2D eigenvalue weighted by molar-refractivity contribution is 7.98. The van der Waals surface area contributed by atoms with Crippen LogP contribution in [0.25, 0.3) is 16.9 Å². The summed E-state index contributed by atoms with van der Waals surface area (Å²) < 4.78 is 2.35. The van der Waals surface area contributed by atoms with Gasteiger partial charge in [0.2, 0.25) is 0 Å². The zero-order valence-corrected chi connectivity index (χ0v) is 19.5. The third-order valence-corrected chi connectivity index (χ3v) is 6.83. The van der Waals surface area contributed by atoms with Crippen LogP contribution < -0.4 is 9.80 Å². The summed E-state index contributed by atoms with van der Waals surface area (Å²) in [6.07, 6.45) is 9.31. The van der Waals surface area contributed by atoms with E-state index >= 15 is 0 Å². The lowest BCUT2D eigenvalue weighted by Gasteiger charge is -2.25. The van der Waals surface area contributed by atoms with Crippen molar-refractivity contribution >= 4 is 29.0 Å². The van der Waals surface area contributed by atoms with Gasteiger partial charge in [-0.25, -0.2) is 9.97 Å². The molecule has 0 saturated heterocycles. The van der Waals surface area contributed by atoms with Crippen LogP contribution in [-0.4, -0.2) is 51.8 Å². The average molecular weight is 423 g/mol. The van der Waals surface area contributed by atoms with Crippen LogP contribution in [0, 0.1) is 20.8 Å². The van der Waals surface area contributed by atoms with Gasteiger partial charge in [0.05, 0.1) is 0 Å². The van der Waals surface area contributed by atoms with E-state index in [0.29, 0.717) is 12.1 Å². The zero-order valence-electron chi connectivity index (χ0n) is 18.7. The van der Waals surface area contributed by atoms with Crippen LogP contribution in [0.15, 0.2) is 17.3 Å². The lowest BCUT2D eigenvalue weighted by Crippen LogP contribution is -2.30. The SMILES string of the molecule is CSc1nc2c(-c3c(C)cc(N(C)C)nc3C)ncc(C)n2c1N(C1CC1)C1CC1. The molecule has 0 spiro atoms. The van der Waals surface area contributed by atoms with Crippen LogP contribution in [0.1, 0.15) is 42.6 Å². The number of thioether (sulfide) groups is 1. The number of hydrogen-bond donors (Lipinski definition) is 0. The van der Waals surface area contributed by atoms with E-state index in [9.17, 15) is 0 Å². The molecule has 30 heavy (non-hydrogen) atoms. The number of rotatable bonds is 6. The smallest absolute Gasteiger partial charge is 0.166 e. The predicted octanol–water partition coefficient (Wildman–Crippen LogP) is 4.64.